The SMILES string of the molecule is NCC1(c2cccc(F)c2Cl)CC1. The first kappa shape index (κ1) is 8.97. The lowest BCUT2D eigenvalue weighted by atomic mass is 9.96. The molecule has 1 aromatic carbocycles. The smallest absolute Gasteiger partial charge is 0.142 e. The molecule has 2 N–H and O–H groups in total. The maximum atomic E-state index is 13.1. The first-order chi connectivity index (χ1) is 6.19. The first-order valence-corrected chi connectivity index (χ1v) is 4.72. The monoisotopic (exact) mass is 199 g/mol. The van der Waals surface area contributed by atoms with Gasteiger partial charge >= 0.3 is 0 Å². The van der Waals surface area contributed by atoms with Gasteiger partial charge in [-0.2, -0.15) is 0 Å². The van der Waals surface area contributed by atoms with Gasteiger partial charge in [0.1, 0.15) is 5.82 Å². The number of nitrogens with two attached hydrogens (primary N) is 1. The fourth-order valence-corrected chi connectivity index (χ4v) is 1.97. The molecule has 3 heteroatoms. The number of hydrogen-bond acceptors (Lipinski definition) is 1. The highest BCUT2D eigenvalue weighted by Crippen LogP contribution is 2.49. The third-order valence-corrected chi connectivity index (χ3v) is 3.15. The van der Waals surface area contributed by atoms with Crippen molar-refractivity contribution in [1.29, 1.82) is 0 Å². The molecule has 1 aromatic rings. The predicted octanol–water partition coefficient (Wildman–Crippen LogP) is 2.47. The van der Waals surface area contributed by atoms with Crippen molar-refractivity contribution in [2.75, 3.05) is 6.54 Å². The highest BCUT2D eigenvalue weighted by atomic mass is 35.5. The van der Waals surface area contributed by atoms with Crippen LogP contribution in [0, 0.1) is 5.82 Å². The topological polar surface area (TPSA) is 26.0 Å². The lowest BCUT2D eigenvalue weighted by molar-refractivity contribution is 0.617. The van der Waals surface area contributed by atoms with Gasteiger partial charge in [-0.15, -0.1) is 0 Å². The Balaban J connectivity index is 2.46. The van der Waals surface area contributed by atoms with Crippen molar-refractivity contribution in [2.24, 2.45) is 5.73 Å². The van der Waals surface area contributed by atoms with Gasteiger partial charge in [0, 0.05) is 12.0 Å². The van der Waals surface area contributed by atoms with E-state index in [0.29, 0.717) is 6.54 Å². The zero-order valence-corrected chi connectivity index (χ0v) is 7.94. The summed E-state index contributed by atoms with van der Waals surface area (Å²) in [4.78, 5) is 0. The molecule has 0 heterocycles. The van der Waals surface area contributed by atoms with E-state index in [2.05, 4.69) is 0 Å². The van der Waals surface area contributed by atoms with Gasteiger partial charge in [-0.3, -0.25) is 0 Å². The molecule has 2 rings (SSSR count). The molecule has 0 atom stereocenters. The highest BCUT2D eigenvalue weighted by Gasteiger charge is 2.44. The largest absolute Gasteiger partial charge is 0.330 e. The van der Waals surface area contributed by atoms with Crippen LogP contribution in [0.2, 0.25) is 5.02 Å². The molecule has 0 radical (unpaired) electrons. The van der Waals surface area contributed by atoms with Crippen molar-refractivity contribution >= 4 is 11.6 Å². The fourth-order valence-electron chi connectivity index (χ4n) is 1.65. The summed E-state index contributed by atoms with van der Waals surface area (Å²) in [5.41, 5.74) is 6.48. The summed E-state index contributed by atoms with van der Waals surface area (Å²) in [7, 11) is 0. The molecule has 1 fully saturated rings. The van der Waals surface area contributed by atoms with E-state index in [0.717, 1.165) is 18.4 Å². The second-order valence-corrected chi connectivity index (χ2v) is 3.96. The molecule has 0 aromatic heterocycles. The molecule has 1 aliphatic carbocycles. The van der Waals surface area contributed by atoms with E-state index in [-0.39, 0.29) is 16.3 Å². The molecular formula is C10H11ClFN. The van der Waals surface area contributed by atoms with Gasteiger partial charge in [0.05, 0.1) is 5.02 Å². The molecular weight excluding hydrogens is 189 g/mol. The summed E-state index contributed by atoms with van der Waals surface area (Å²) in [5.74, 6) is -0.348. The second kappa shape index (κ2) is 2.96. The zero-order valence-electron chi connectivity index (χ0n) is 7.19. The van der Waals surface area contributed by atoms with Crippen LogP contribution in [-0.4, -0.2) is 6.54 Å². The number of halogens is 2. The lowest BCUT2D eigenvalue weighted by Crippen LogP contribution is -2.20. The van der Waals surface area contributed by atoms with Crippen molar-refractivity contribution in [1.82, 2.24) is 0 Å². The quantitative estimate of drug-likeness (QED) is 0.778. The summed E-state index contributed by atoms with van der Waals surface area (Å²) >= 11 is 5.87. The number of rotatable bonds is 2. The summed E-state index contributed by atoms with van der Waals surface area (Å²) in [5, 5.41) is 0.241. The third-order valence-electron chi connectivity index (χ3n) is 2.77. The van der Waals surface area contributed by atoms with Crippen LogP contribution in [-0.2, 0) is 5.41 Å². The van der Waals surface area contributed by atoms with E-state index in [1.807, 2.05) is 6.07 Å². The van der Waals surface area contributed by atoms with Gasteiger partial charge in [0.15, 0.2) is 0 Å². The maximum Gasteiger partial charge on any atom is 0.142 e. The van der Waals surface area contributed by atoms with E-state index < -0.39 is 0 Å². The van der Waals surface area contributed by atoms with E-state index in [9.17, 15) is 4.39 Å². The molecule has 0 spiro atoms. The molecule has 0 saturated heterocycles. The van der Waals surface area contributed by atoms with Gasteiger partial charge < -0.3 is 5.73 Å². The Morgan fingerprint density at radius 2 is 2.15 bits per heavy atom. The summed E-state index contributed by atoms with van der Waals surface area (Å²) in [6, 6.07) is 4.93. The molecule has 1 aliphatic rings. The van der Waals surface area contributed by atoms with Crippen LogP contribution in [0.1, 0.15) is 18.4 Å². The minimum Gasteiger partial charge on any atom is -0.330 e. The van der Waals surface area contributed by atoms with Crippen LogP contribution < -0.4 is 5.73 Å². The van der Waals surface area contributed by atoms with Crippen molar-refractivity contribution in [3.05, 3.63) is 34.6 Å². The molecule has 1 nitrogen and oxygen atoms in total. The lowest BCUT2D eigenvalue weighted by Gasteiger charge is -2.14. The van der Waals surface area contributed by atoms with Gasteiger partial charge in [0.2, 0.25) is 0 Å². The van der Waals surface area contributed by atoms with Crippen LogP contribution in [0.15, 0.2) is 18.2 Å². The summed E-state index contributed by atoms with van der Waals surface area (Å²) in [6.45, 7) is 0.552. The van der Waals surface area contributed by atoms with Crippen LogP contribution in [0.3, 0.4) is 0 Å². The van der Waals surface area contributed by atoms with Gasteiger partial charge in [0.25, 0.3) is 0 Å². The Kier molecular flexibility index (Phi) is 2.05. The maximum absolute atomic E-state index is 13.1. The Hall–Kier alpha value is -0.600. The third kappa shape index (κ3) is 1.34. The molecule has 13 heavy (non-hydrogen) atoms. The normalized spacial score (nSPS) is 18.7. The van der Waals surface area contributed by atoms with Gasteiger partial charge in [-0.25, -0.2) is 4.39 Å². The van der Waals surface area contributed by atoms with E-state index in [1.54, 1.807) is 6.07 Å². The Labute approximate surface area is 81.7 Å². The average molecular weight is 200 g/mol. The van der Waals surface area contributed by atoms with E-state index in [1.165, 1.54) is 6.07 Å². The zero-order chi connectivity index (χ0) is 9.47. The Bertz CT molecular complexity index is 334. The van der Waals surface area contributed by atoms with E-state index >= 15 is 0 Å². The standard InChI is InChI=1S/C10H11ClFN/c11-9-7(2-1-3-8(9)12)10(6-13)4-5-10/h1-3H,4-6,13H2. The average Bonchev–Trinajstić information content (AvgIpc) is 2.90. The van der Waals surface area contributed by atoms with Crippen LogP contribution in [0.5, 0.6) is 0 Å². The minimum atomic E-state index is -0.348. The fraction of sp³-hybridized carbons (Fsp3) is 0.400. The molecule has 1 saturated carbocycles. The second-order valence-electron chi connectivity index (χ2n) is 3.59. The van der Waals surface area contributed by atoms with Crippen molar-refractivity contribution < 1.29 is 4.39 Å². The number of hydrogen-bond donors (Lipinski definition) is 1. The Morgan fingerprint density at radius 1 is 1.46 bits per heavy atom. The number of benzene rings is 1. The van der Waals surface area contributed by atoms with E-state index in [4.69, 9.17) is 17.3 Å². The molecule has 0 unspecified atom stereocenters. The predicted molar refractivity (Wildman–Crippen MR) is 51.4 cm³/mol. The molecule has 0 bridgehead atoms. The summed E-state index contributed by atoms with van der Waals surface area (Å²) in [6.07, 6.45) is 2.04. The highest BCUT2D eigenvalue weighted by molar-refractivity contribution is 6.31. The van der Waals surface area contributed by atoms with Crippen molar-refractivity contribution in [2.45, 2.75) is 18.3 Å². The van der Waals surface area contributed by atoms with Crippen LogP contribution in [0.4, 0.5) is 4.39 Å². The molecule has 0 aliphatic heterocycles. The molecule has 70 valence electrons. The van der Waals surface area contributed by atoms with Gasteiger partial charge in [-0.05, 0) is 24.5 Å². The molecule has 0 amide bonds. The minimum absolute atomic E-state index is 0.0286. The Morgan fingerprint density at radius 3 is 2.69 bits per heavy atom. The van der Waals surface area contributed by atoms with Crippen LogP contribution >= 0.6 is 11.6 Å². The summed E-state index contributed by atoms with van der Waals surface area (Å²) < 4.78 is 13.1. The van der Waals surface area contributed by atoms with Gasteiger partial charge in [-0.1, -0.05) is 23.7 Å². The first-order valence-electron chi connectivity index (χ1n) is 4.34. The van der Waals surface area contributed by atoms with Crippen molar-refractivity contribution in [3.8, 4) is 0 Å². The van der Waals surface area contributed by atoms with Crippen molar-refractivity contribution in [3.63, 3.8) is 0 Å². The van der Waals surface area contributed by atoms with Crippen LogP contribution in [0.25, 0.3) is 0 Å².